The number of carboxylic acids is 1. The van der Waals surface area contributed by atoms with Gasteiger partial charge in [-0.05, 0) is 5.92 Å². The highest BCUT2D eigenvalue weighted by atomic mass is 32.1. The average Bonchev–Trinajstić information content (AvgIpc) is 2.61. The molecule has 3 N–H and O–H groups in total. The first kappa shape index (κ1) is 11.4. The Hall–Kier alpha value is -1.10. The first-order valence-corrected chi connectivity index (χ1v) is 6.47. The minimum atomic E-state index is -1.02. The van der Waals surface area contributed by atoms with Crippen LogP contribution in [0, 0.1) is 5.92 Å². The predicted molar refractivity (Wildman–Crippen MR) is 63.8 cm³/mol. The van der Waals surface area contributed by atoms with E-state index in [1.54, 1.807) is 0 Å². The quantitative estimate of drug-likeness (QED) is 0.851. The van der Waals surface area contributed by atoms with Crippen molar-refractivity contribution in [1.82, 2.24) is 4.98 Å². The van der Waals surface area contributed by atoms with Gasteiger partial charge in [-0.3, -0.25) is 0 Å². The second kappa shape index (κ2) is 4.82. The number of hydrogen-bond acceptors (Lipinski definition) is 4. The van der Waals surface area contributed by atoms with Crippen molar-refractivity contribution in [3.63, 3.8) is 0 Å². The molecule has 1 aliphatic rings. The molecule has 0 unspecified atom stereocenters. The van der Waals surface area contributed by atoms with Crippen molar-refractivity contribution < 1.29 is 9.90 Å². The molecule has 0 radical (unpaired) electrons. The van der Waals surface area contributed by atoms with E-state index in [1.165, 1.54) is 43.4 Å². The summed E-state index contributed by atoms with van der Waals surface area (Å²) in [5.41, 5.74) is 5.65. The second-order valence-electron chi connectivity index (χ2n) is 4.33. The van der Waals surface area contributed by atoms with Gasteiger partial charge in [0.25, 0.3) is 0 Å². The molecule has 88 valence electrons. The Labute approximate surface area is 98.5 Å². The molecule has 0 aliphatic heterocycles. The van der Waals surface area contributed by atoms with Gasteiger partial charge in [0.15, 0.2) is 5.69 Å². The van der Waals surface area contributed by atoms with Gasteiger partial charge in [0.1, 0.15) is 5.00 Å². The Morgan fingerprint density at radius 1 is 1.44 bits per heavy atom. The van der Waals surface area contributed by atoms with Gasteiger partial charge in [-0.1, -0.05) is 32.1 Å². The zero-order chi connectivity index (χ0) is 11.5. The number of carbonyl (C=O) groups is 1. The molecule has 2 rings (SSSR count). The summed E-state index contributed by atoms with van der Waals surface area (Å²) in [5.74, 6) is -0.357. The number of anilines is 1. The summed E-state index contributed by atoms with van der Waals surface area (Å²) in [4.78, 5) is 14.9. The maximum absolute atomic E-state index is 10.8. The second-order valence-corrected chi connectivity index (χ2v) is 5.45. The van der Waals surface area contributed by atoms with E-state index < -0.39 is 5.97 Å². The molecule has 1 heterocycles. The van der Waals surface area contributed by atoms with E-state index in [2.05, 4.69) is 4.98 Å². The lowest BCUT2D eigenvalue weighted by Gasteiger charge is -2.20. The molecule has 4 nitrogen and oxygen atoms in total. The first-order valence-electron chi connectivity index (χ1n) is 5.65. The molecule has 1 aromatic rings. The summed E-state index contributed by atoms with van der Waals surface area (Å²) in [7, 11) is 0. The van der Waals surface area contributed by atoms with Crippen LogP contribution >= 0.6 is 11.3 Å². The minimum absolute atomic E-state index is 0.0239. The van der Waals surface area contributed by atoms with Crippen LogP contribution < -0.4 is 5.73 Å². The standard InChI is InChI=1S/C11H16N2O2S/c12-10-9(11(14)15)13-8(16-10)6-7-4-2-1-3-5-7/h7H,1-6,12H2,(H,14,15). The summed E-state index contributed by atoms with van der Waals surface area (Å²) >= 11 is 1.32. The highest BCUT2D eigenvalue weighted by Crippen LogP contribution is 2.30. The van der Waals surface area contributed by atoms with Gasteiger partial charge < -0.3 is 10.8 Å². The van der Waals surface area contributed by atoms with Crippen LogP contribution in [0.25, 0.3) is 0 Å². The van der Waals surface area contributed by atoms with E-state index in [0.717, 1.165) is 11.4 Å². The lowest BCUT2D eigenvalue weighted by molar-refractivity contribution is 0.0692. The Balaban J connectivity index is 2.03. The first-order chi connectivity index (χ1) is 7.66. The van der Waals surface area contributed by atoms with Crippen LogP contribution in [-0.2, 0) is 6.42 Å². The lowest BCUT2D eigenvalue weighted by atomic mass is 9.87. The molecule has 0 atom stereocenters. The van der Waals surface area contributed by atoms with Crippen LogP contribution in [0.3, 0.4) is 0 Å². The molecular formula is C11H16N2O2S. The van der Waals surface area contributed by atoms with Crippen LogP contribution in [0.15, 0.2) is 0 Å². The topological polar surface area (TPSA) is 76.2 Å². The van der Waals surface area contributed by atoms with Crippen molar-refractivity contribution in [3.05, 3.63) is 10.7 Å². The third-order valence-electron chi connectivity index (χ3n) is 3.09. The largest absolute Gasteiger partial charge is 0.476 e. The number of thiazole rings is 1. The van der Waals surface area contributed by atoms with Crippen LogP contribution in [-0.4, -0.2) is 16.1 Å². The number of rotatable bonds is 3. The molecule has 0 amide bonds. The Bertz CT molecular complexity index is 383. The summed E-state index contributed by atoms with van der Waals surface area (Å²) < 4.78 is 0. The van der Waals surface area contributed by atoms with Gasteiger partial charge in [0, 0.05) is 6.42 Å². The maximum Gasteiger partial charge on any atom is 0.357 e. The summed E-state index contributed by atoms with van der Waals surface area (Å²) in [6.07, 6.45) is 7.28. The van der Waals surface area contributed by atoms with Gasteiger partial charge >= 0.3 is 5.97 Å². The number of nitrogen functional groups attached to an aromatic ring is 1. The predicted octanol–water partition coefficient (Wildman–Crippen LogP) is 2.55. The highest BCUT2D eigenvalue weighted by Gasteiger charge is 2.19. The molecule has 0 saturated heterocycles. The zero-order valence-corrected chi connectivity index (χ0v) is 9.92. The van der Waals surface area contributed by atoms with Crippen molar-refractivity contribution in [2.45, 2.75) is 38.5 Å². The van der Waals surface area contributed by atoms with Crippen molar-refractivity contribution in [2.75, 3.05) is 5.73 Å². The van der Waals surface area contributed by atoms with E-state index in [0.29, 0.717) is 10.9 Å². The normalized spacial score (nSPS) is 17.5. The fraction of sp³-hybridized carbons (Fsp3) is 0.636. The monoisotopic (exact) mass is 240 g/mol. The van der Waals surface area contributed by atoms with Gasteiger partial charge in [-0.15, -0.1) is 11.3 Å². The average molecular weight is 240 g/mol. The number of hydrogen-bond donors (Lipinski definition) is 2. The van der Waals surface area contributed by atoms with E-state index in [4.69, 9.17) is 10.8 Å². The smallest absolute Gasteiger partial charge is 0.357 e. The molecule has 1 fully saturated rings. The fourth-order valence-corrected chi connectivity index (χ4v) is 3.20. The van der Waals surface area contributed by atoms with Gasteiger partial charge in [-0.2, -0.15) is 0 Å². The van der Waals surface area contributed by atoms with Crippen LogP contribution in [0.4, 0.5) is 5.00 Å². The van der Waals surface area contributed by atoms with Crippen LogP contribution in [0.2, 0.25) is 0 Å². The van der Waals surface area contributed by atoms with Gasteiger partial charge in [0.05, 0.1) is 5.01 Å². The minimum Gasteiger partial charge on any atom is -0.476 e. The van der Waals surface area contributed by atoms with Crippen LogP contribution in [0.5, 0.6) is 0 Å². The number of nitrogens with zero attached hydrogens (tertiary/aromatic N) is 1. The number of aromatic carboxylic acids is 1. The van der Waals surface area contributed by atoms with E-state index in [-0.39, 0.29) is 5.69 Å². The third kappa shape index (κ3) is 2.52. The van der Waals surface area contributed by atoms with E-state index in [1.807, 2.05) is 0 Å². The third-order valence-corrected chi connectivity index (χ3v) is 4.00. The molecule has 5 heteroatoms. The highest BCUT2D eigenvalue weighted by molar-refractivity contribution is 7.15. The number of nitrogens with two attached hydrogens (primary N) is 1. The van der Waals surface area contributed by atoms with Gasteiger partial charge in [0.2, 0.25) is 0 Å². The molecule has 0 spiro atoms. The summed E-state index contributed by atoms with van der Waals surface area (Å²) in [6.45, 7) is 0. The van der Waals surface area contributed by atoms with E-state index >= 15 is 0 Å². The van der Waals surface area contributed by atoms with Crippen molar-refractivity contribution in [3.8, 4) is 0 Å². The van der Waals surface area contributed by atoms with Crippen molar-refractivity contribution in [2.24, 2.45) is 5.92 Å². The molecule has 1 saturated carbocycles. The Morgan fingerprint density at radius 3 is 2.69 bits per heavy atom. The SMILES string of the molecule is Nc1sc(CC2CCCCC2)nc1C(=O)O. The van der Waals surface area contributed by atoms with E-state index in [9.17, 15) is 4.79 Å². The molecule has 1 aliphatic carbocycles. The molecular weight excluding hydrogens is 224 g/mol. The number of aromatic nitrogens is 1. The van der Waals surface area contributed by atoms with Crippen molar-refractivity contribution in [1.29, 1.82) is 0 Å². The Morgan fingerprint density at radius 2 is 2.12 bits per heavy atom. The maximum atomic E-state index is 10.8. The zero-order valence-electron chi connectivity index (χ0n) is 9.11. The van der Waals surface area contributed by atoms with Crippen molar-refractivity contribution >= 4 is 22.3 Å². The van der Waals surface area contributed by atoms with Crippen LogP contribution in [0.1, 0.15) is 47.6 Å². The lowest BCUT2D eigenvalue weighted by Crippen LogP contribution is -2.09. The molecule has 1 aromatic heterocycles. The molecule has 0 bridgehead atoms. The summed E-state index contributed by atoms with van der Waals surface area (Å²) in [6, 6.07) is 0. The Kier molecular flexibility index (Phi) is 3.43. The fourth-order valence-electron chi connectivity index (χ4n) is 2.26. The van der Waals surface area contributed by atoms with Gasteiger partial charge in [-0.25, -0.2) is 9.78 Å². The molecule has 16 heavy (non-hydrogen) atoms. The molecule has 0 aromatic carbocycles. The number of carboxylic acid groups (broad SMARTS) is 1. The summed E-state index contributed by atoms with van der Waals surface area (Å²) in [5, 5.41) is 10.1.